The third kappa shape index (κ3) is 4.23. The number of nitrogens with one attached hydrogen (secondary N) is 1. The Kier molecular flexibility index (Phi) is 5.59. The van der Waals surface area contributed by atoms with Crippen molar-refractivity contribution in [3.8, 4) is 0 Å². The molecule has 1 heterocycles. The Balaban J connectivity index is 2.33. The van der Waals surface area contributed by atoms with E-state index in [-0.39, 0.29) is 24.5 Å². The number of carbonyl (C=O) groups excluding carboxylic acids is 1. The predicted molar refractivity (Wildman–Crippen MR) is 87.0 cm³/mol. The Morgan fingerprint density at radius 1 is 1.35 bits per heavy atom. The zero-order valence-corrected chi connectivity index (χ0v) is 13.5. The number of aromatic nitrogens is 4. The van der Waals surface area contributed by atoms with Crippen LogP contribution in [0.5, 0.6) is 0 Å². The van der Waals surface area contributed by atoms with Crippen LogP contribution >= 0.6 is 0 Å². The lowest BCUT2D eigenvalue weighted by Gasteiger charge is -2.20. The zero-order valence-electron chi connectivity index (χ0n) is 13.5. The van der Waals surface area contributed by atoms with Crippen molar-refractivity contribution in [2.24, 2.45) is 5.92 Å². The van der Waals surface area contributed by atoms with Crippen molar-refractivity contribution in [2.75, 3.05) is 6.61 Å². The van der Waals surface area contributed by atoms with Gasteiger partial charge in [-0.15, -0.1) is 5.10 Å². The summed E-state index contributed by atoms with van der Waals surface area (Å²) < 4.78 is 1.40. The number of aliphatic hydroxyl groups excluding tert-OH is 1. The minimum absolute atomic E-state index is 0.00306. The third-order valence-electron chi connectivity index (χ3n) is 3.69. The molecule has 0 aliphatic carbocycles. The van der Waals surface area contributed by atoms with E-state index in [9.17, 15) is 9.90 Å². The van der Waals surface area contributed by atoms with Crippen LogP contribution in [0.4, 0.5) is 0 Å². The van der Waals surface area contributed by atoms with E-state index in [2.05, 4.69) is 20.8 Å². The highest BCUT2D eigenvalue weighted by molar-refractivity contribution is 6.18. The first-order valence-corrected chi connectivity index (χ1v) is 7.46. The number of hydrogen-bond acceptors (Lipinski definition) is 5. The number of amides is 1. The van der Waals surface area contributed by atoms with Crippen LogP contribution in [0, 0.1) is 12.8 Å². The molecule has 0 aliphatic rings. The summed E-state index contributed by atoms with van der Waals surface area (Å²) >= 11 is 0. The van der Waals surface area contributed by atoms with Gasteiger partial charge in [-0.05, 0) is 41.8 Å². The quantitative estimate of drug-likeness (QED) is 0.779. The van der Waals surface area contributed by atoms with Gasteiger partial charge in [0.2, 0.25) is 0 Å². The first-order chi connectivity index (χ1) is 11.0. The fraction of sp³-hybridized carbons (Fsp3) is 0.375. The second-order valence-electron chi connectivity index (χ2n) is 5.50. The normalized spacial score (nSPS) is 14.3. The molecule has 0 saturated heterocycles. The largest absolute Gasteiger partial charge is 0.396 e. The molecule has 1 aromatic heterocycles. The van der Waals surface area contributed by atoms with Gasteiger partial charge < -0.3 is 10.4 Å². The number of benzene rings is 1. The average molecular weight is 315 g/mol. The number of aryl methyl sites for hydroxylation is 1. The lowest BCUT2D eigenvalue weighted by molar-refractivity contribution is -0.116. The molecule has 2 rings (SSSR count). The van der Waals surface area contributed by atoms with Gasteiger partial charge in [0, 0.05) is 12.6 Å². The maximum absolute atomic E-state index is 12.7. The van der Waals surface area contributed by atoms with Gasteiger partial charge in [0.1, 0.15) is 5.70 Å². The Morgan fingerprint density at radius 3 is 2.61 bits per heavy atom. The van der Waals surface area contributed by atoms with E-state index in [4.69, 9.17) is 0 Å². The minimum atomic E-state index is -0.294. The second-order valence-corrected chi connectivity index (χ2v) is 5.50. The SMILES string of the molecule is Cc1nnnn1/C(=C\c1ccccc1)C(=O)NC(C)C(C)CO. The van der Waals surface area contributed by atoms with Crippen LogP contribution in [0.15, 0.2) is 30.3 Å². The topological polar surface area (TPSA) is 92.9 Å². The molecule has 122 valence electrons. The highest BCUT2D eigenvalue weighted by atomic mass is 16.3. The maximum atomic E-state index is 12.7. The monoisotopic (exact) mass is 315 g/mol. The first-order valence-electron chi connectivity index (χ1n) is 7.46. The van der Waals surface area contributed by atoms with E-state index < -0.39 is 0 Å². The van der Waals surface area contributed by atoms with Crippen LogP contribution < -0.4 is 5.32 Å². The number of tetrazole rings is 1. The van der Waals surface area contributed by atoms with Gasteiger partial charge in [-0.1, -0.05) is 37.3 Å². The van der Waals surface area contributed by atoms with Crippen LogP contribution in [-0.4, -0.2) is 43.9 Å². The van der Waals surface area contributed by atoms with Crippen LogP contribution in [0.25, 0.3) is 11.8 Å². The molecule has 2 unspecified atom stereocenters. The maximum Gasteiger partial charge on any atom is 0.270 e. The molecule has 2 N–H and O–H groups in total. The summed E-state index contributed by atoms with van der Waals surface area (Å²) in [7, 11) is 0. The van der Waals surface area contributed by atoms with Crippen molar-refractivity contribution >= 4 is 17.7 Å². The molecule has 2 aromatic rings. The van der Waals surface area contributed by atoms with Gasteiger partial charge in [0.25, 0.3) is 5.91 Å². The van der Waals surface area contributed by atoms with E-state index in [0.717, 1.165) is 5.56 Å². The molecule has 1 aromatic carbocycles. The second kappa shape index (κ2) is 7.64. The molecule has 0 bridgehead atoms. The number of rotatable bonds is 6. The standard InChI is InChI=1S/C16H21N5O2/c1-11(10-22)12(2)17-16(23)15(21-13(3)18-19-20-21)9-14-7-5-4-6-8-14/h4-9,11-12,22H,10H2,1-3H3,(H,17,23)/b15-9-. The molecular formula is C16H21N5O2. The molecule has 0 saturated carbocycles. The molecule has 7 heteroatoms. The summed E-state index contributed by atoms with van der Waals surface area (Å²) in [5.41, 5.74) is 1.20. The number of hydrogen-bond donors (Lipinski definition) is 2. The molecule has 23 heavy (non-hydrogen) atoms. The molecule has 0 aliphatic heterocycles. The fourth-order valence-corrected chi connectivity index (χ4v) is 1.97. The van der Waals surface area contributed by atoms with E-state index >= 15 is 0 Å². The molecule has 0 radical (unpaired) electrons. The molecule has 0 fully saturated rings. The van der Waals surface area contributed by atoms with Gasteiger partial charge in [-0.3, -0.25) is 4.79 Å². The summed E-state index contributed by atoms with van der Waals surface area (Å²) in [6, 6.07) is 9.31. The first kappa shape index (κ1) is 16.8. The predicted octanol–water partition coefficient (Wildman–Crippen LogP) is 1.11. The van der Waals surface area contributed by atoms with E-state index in [1.165, 1.54) is 4.68 Å². The van der Waals surface area contributed by atoms with Crippen molar-refractivity contribution in [2.45, 2.75) is 26.8 Å². The average Bonchev–Trinajstić information content (AvgIpc) is 2.98. The number of nitrogens with zero attached hydrogens (tertiary/aromatic N) is 4. The number of aliphatic hydroxyl groups is 1. The fourth-order valence-electron chi connectivity index (χ4n) is 1.97. The van der Waals surface area contributed by atoms with Crippen molar-refractivity contribution in [3.05, 3.63) is 41.7 Å². The summed E-state index contributed by atoms with van der Waals surface area (Å²) in [4.78, 5) is 12.7. The van der Waals surface area contributed by atoms with E-state index in [0.29, 0.717) is 11.5 Å². The summed E-state index contributed by atoms with van der Waals surface area (Å²) in [6.45, 7) is 5.45. The zero-order chi connectivity index (χ0) is 16.8. The van der Waals surface area contributed by atoms with E-state index in [1.807, 2.05) is 44.2 Å². The lowest BCUT2D eigenvalue weighted by atomic mass is 10.0. The van der Waals surface area contributed by atoms with Crippen LogP contribution in [0.3, 0.4) is 0 Å². The summed E-state index contributed by atoms with van der Waals surface area (Å²) in [6.07, 6.45) is 1.73. The highest BCUT2D eigenvalue weighted by Crippen LogP contribution is 2.13. The van der Waals surface area contributed by atoms with Crippen molar-refractivity contribution in [3.63, 3.8) is 0 Å². The van der Waals surface area contributed by atoms with Gasteiger partial charge >= 0.3 is 0 Å². The molecule has 2 atom stereocenters. The van der Waals surface area contributed by atoms with E-state index in [1.54, 1.807) is 13.0 Å². The Morgan fingerprint density at radius 2 is 2.04 bits per heavy atom. The van der Waals surface area contributed by atoms with Gasteiger partial charge in [0.15, 0.2) is 5.82 Å². The van der Waals surface area contributed by atoms with Crippen molar-refractivity contribution in [1.82, 2.24) is 25.5 Å². The highest BCUT2D eigenvalue weighted by Gasteiger charge is 2.20. The molecule has 7 nitrogen and oxygen atoms in total. The van der Waals surface area contributed by atoms with Crippen LogP contribution in [0.2, 0.25) is 0 Å². The Labute approximate surface area is 135 Å². The van der Waals surface area contributed by atoms with Gasteiger partial charge in [-0.2, -0.15) is 4.68 Å². The smallest absolute Gasteiger partial charge is 0.270 e. The Hall–Kier alpha value is -2.54. The summed E-state index contributed by atoms with van der Waals surface area (Å²) in [5, 5.41) is 23.4. The Bertz CT molecular complexity index is 681. The molecule has 0 spiro atoms. The van der Waals surface area contributed by atoms with Crippen molar-refractivity contribution < 1.29 is 9.90 Å². The lowest BCUT2D eigenvalue weighted by Crippen LogP contribution is -2.39. The van der Waals surface area contributed by atoms with Crippen molar-refractivity contribution in [1.29, 1.82) is 0 Å². The summed E-state index contributed by atoms with van der Waals surface area (Å²) in [5.74, 6) is 0.175. The van der Waals surface area contributed by atoms with Gasteiger partial charge in [-0.25, -0.2) is 0 Å². The van der Waals surface area contributed by atoms with Gasteiger partial charge in [0.05, 0.1) is 0 Å². The van der Waals surface area contributed by atoms with Crippen LogP contribution in [-0.2, 0) is 4.79 Å². The van der Waals surface area contributed by atoms with Crippen LogP contribution in [0.1, 0.15) is 25.2 Å². The minimum Gasteiger partial charge on any atom is -0.396 e. The molecule has 1 amide bonds. The third-order valence-corrected chi connectivity index (χ3v) is 3.69. The number of carbonyl (C=O) groups is 1. The molecular weight excluding hydrogens is 294 g/mol.